The van der Waals surface area contributed by atoms with Gasteiger partial charge in [-0.1, -0.05) is 34.8 Å². The first-order valence-electron chi connectivity index (χ1n) is 5.54. The molecule has 0 aliphatic rings. The molecule has 106 valence electrons. The molecule has 2 aromatic rings. The van der Waals surface area contributed by atoms with E-state index in [-0.39, 0.29) is 6.54 Å². The quantitative estimate of drug-likeness (QED) is 0.870. The third-order valence-electron chi connectivity index (χ3n) is 2.50. The van der Waals surface area contributed by atoms with Gasteiger partial charge in [-0.3, -0.25) is 4.90 Å². The number of anilines is 1. The molecule has 0 fully saturated rings. The molecule has 1 aromatic carbocycles. The maximum atomic E-state index is 11.2. The van der Waals surface area contributed by atoms with Gasteiger partial charge in [0.25, 0.3) is 0 Å². The molecule has 0 bridgehead atoms. The minimum absolute atomic E-state index is 0.256. The van der Waals surface area contributed by atoms with Crippen LogP contribution in [0, 0.1) is 0 Å². The van der Waals surface area contributed by atoms with E-state index in [4.69, 9.17) is 34.8 Å². The van der Waals surface area contributed by atoms with Gasteiger partial charge in [0.15, 0.2) is 0 Å². The summed E-state index contributed by atoms with van der Waals surface area (Å²) < 4.78 is -0.0249. The van der Waals surface area contributed by atoms with Gasteiger partial charge in [0.05, 0.1) is 12.2 Å². The number of carbonyl (C=O) groups is 1. The lowest BCUT2D eigenvalue weighted by Gasteiger charge is -2.23. The number of hydrogen-bond acceptors (Lipinski definition) is 2. The largest absolute Gasteiger partial charge is 0.465 e. The van der Waals surface area contributed by atoms with Crippen LogP contribution >= 0.6 is 34.8 Å². The van der Waals surface area contributed by atoms with E-state index in [9.17, 15) is 9.90 Å². The lowest BCUT2D eigenvalue weighted by Crippen LogP contribution is -2.36. The zero-order valence-electron chi connectivity index (χ0n) is 10.1. The number of amides is 1. The van der Waals surface area contributed by atoms with Crippen molar-refractivity contribution in [3.8, 4) is 5.69 Å². The molecule has 0 saturated carbocycles. The summed E-state index contributed by atoms with van der Waals surface area (Å²) in [5.74, 6) is 0. The Morgan fingerprint density at radius 3 is 2.40 bits per heavy atom. The Morgan fingerprint density at radius 2 is 1.95 bits per heavy atom. The Kier molecular flexibility index (Phi) is 4.42. The predicted octanol–water partition coefficient (Wildman–Crippen LogP) is 3.73. The molecule has 0 spiro atoms. The van der Waals surface area contributed by atoms with E-state index in [0.717, 1.165) is 10.6 Å². The number of halogens is 3. The van der Waals surface area contributed by atoms with Gasteiger partial charge in [-0.15, -0.1) is 0 Å². The van der Waals surface area contributed by atoms with Crippen LogP contribution in [0.15, 0.2) is 42.7 Å². The van der Waals surface area contributed by atoms with Gasteiger partial charge in [-0.2, -0.15) is 5.10 Å². The zero-order chi connectivity index (χ0) is 14.8. The number of nitrogens with zero attached hydrogens (tertiary/aromatic N) is 3. The molecule has 0 atom stereocenters. The van der Waals surface area contributed by atoms with Crippen molar-refractivity contribution >= 4 is 46.6 Å². The van der Waals surface area contributed by atoms with Crippen molar-refractivity contribution in [1.29, 1.82) is 0 Å². The second kappa shape index (κ2) is 5.91. The minimum atomic E-state index is -1.68. The standard InChI is InChI=1S/C12H10Cl3N3O2/c13-12(14,15)8-17(11(19)20)9-2-4-10(5-3-9)18-7-1-6-16-18/h1-7H,8H2,(H,19,20). The number of hydrogen-bond donors (Lipinski definition) is 1. The van der Waals surface area contributed by atoms with Crippen LogP contribution in [-0.2, 0) is 0 Å². The van der Waals surface area contributed by atoms with Crippen LogP contribution in [0.5, 0.6) is 0 Å². The Hall–Kier alpha value is -1.43. The SMILES string of the molecule is O=C(O)N(CC(Cl)(Cl)Cl)c1ccc(-n2cccn2)cc1. The van der Waals surface area contributed by atoms with Crippen LogP contribution in [0.25, 0.3) is 5.69 Å². The van der Waals surface area contributed by atoms with Crippen LogP contribution in [0.4, 0.5) is 10.5 Å². The fourth-order valence-corrected chi connectivity index (χ4v) is 2.01. The highest BCUT2D eigenvalue weighted by Gasteiger charge is 2.27. The molecule has 1 N–H and O–H groups in total. The molecule has 0 unspecified atom stereocenters. The third-order valence-corrected chi connectivity index (χ3v) is 2.86. The highest BCUT2D eigenvalue weighted by Crippen LogP contribution is 2.29. The van der Waals surface area contributed by atoms with Crippen LogP contribution < -0.4 is 4.90 Å². The molecule has 2 rings (SSSR count). The molecule has 0 saturated heterocycles. The van der Waals surface area contributed by atoms with Gasteiger partial charge in [-0.25, -0.2) is 9.48 Å². The van der Waals surface area contributed by atoms with E-state index in [1.807, 2.05) is 0 Å². The summed E-state index contributed by atoms with van der Waals surface area (Å²) in [6.45, 7) is -0.256. The fraction of sp³-hybridized carbons (Fsp3) is 0.167. The Morgan fingerprint density at radius 1 is 1.30 bits per heavy atom. The zero-order valence-corrected chi connectivity index (χ0v) is 12.3. The van der Waals surface area contributed by atoms with E-state index in [0.29, 0.717) is 5.69 Å². The molecule has 0 aliphatic heterocycles. The molecular weight excluding hydrogens is 325 g/mol. The molecule has 5 nitrogen and oxygen atoms in total. The molecule has 20 heavy (non-hydrogen) atoms. The second-order valence-electron chi connectivity index (χ2n) is 3.95. The predicted molar refractivity (Wildman–Crippen MR) is 79.2 cm³/mol. The molecule has 0 aliphatic carbocycles. The van der Waals surface area contributed by atoms with Gasteiger partial charge in [0.1, 0.15) is 0 Å². The number of carboxylic acid groups (broad SMARTS) is 1. The van der Waals surface area contributed by atoms with Crippen molar-refractivity contribution in [3.63, 3.8) is 0 Å². The first-order chi connectivity index (χ1) is 9.37. The molecular formula is C12H10Cl3N3O2. The smallest absolute Gasteiger partial charge is 0.411 e. The fourth-order valence-electron chi connectivity index (χ4n) is 1.66. The number of aromatic nitrogens is 2. The Bertz CT molecular complexity index is 579. The maximum absolute atomic E-state index is 11.2. The van der Waals surface area contributed by atoms with Gasteiger partial charge in [-0.05, 0) is 30.3 Å². The van der Waals surface area contributed by atoms with Crippen molar-refractivity contribution in [2.45, 2.75) is 3.79 Å². The van der Waals surface area contributed by atoms with Crippen molar-refractivity contribution < 1.29 is 9.90 Å². The average Bonchev–Trinajstić information content (AvgIpc) is 2.89. The van der Waals surface area contributed by atoms with E-state index in [1.54, 1.807) is 47.4 Å². The van der Waals surface area contributed by atoms with E-state index >= 15 is 0 Å². The lowest BCUT2D eigenvalue weighted by molar-refractivity contribution is 0.202. The van der Waals surface area contributed by atoms with E-state index in [2.05, 4.69) is 5.10 Å². The van der Waals surface area contributed by atoms with E-state index < -0.39 is 9.89 Å². The first kappa shape index (κ1) is 15.0. The second-order valence-corrected chi connectivity index (χ2v) is 6.47. The van der Waals surface area contributed by atoms with Gasteiger partial charge in [0, 0.05) is 18.1 Å². The summed E-state index contributed by atoms with van der Waals surface area (Å²) in [6.07, 6.45) is 2.24. The normalized spacial score (nSPS) is 11.3. The molecule has 1 aromatic heterocycles. The molecule has 1 heterocycles. The van der Waals surface area contributed by atoms with Crippen molar-refractivity contribution in [2.24, 2.45) is 0 Å². The topological polar surface area (TPSA) is 58.4 Å². The van der Waals surface area contributed by atoms with Crippen LogP contribution in [0.3, 0.4) is 0 Å². The Balaban J connectivity index is 2.25. The molecule has 8 heteroatoms. The van der Waals surface area contributed by atoms with Crippen LogP contribution in [0.2, 0.25) is 0 Å². The van der Waals surface area contributed by atoms with E-state index in [1.165, 1.54) is 0 Å². The van der Waals surface area contributed by atoms with Gasteiger partial charge < -0.3 is 5.11 Å². The van der Waals surface area contributed by atoms with Crippen molar-refractivity contribution in [3.05, 3.63) is 42.7 Å². The third kappa shape index (κ3) is 3.79. The van der Waals surface area contributed by atoms with Gasteiger partial charge >= 0.3 is 6.09 Å². The molecule has 1 amide bonds. The summed E-state index contributed by atoms with van der Waals surface area (Å²) in [5.41, 5.74) is 1.22. The monoisotopic (exact) mass is 333 g/mol. The summed E-state index contributed by atoms with van der Waals surface area (Å²) in [6, 6.07) is 8.51. The lowest BCUT2D eigenvalue weighted by atomic mass is 10.2. The summed E-state index contributed by atoms with van der Waals surface area (Å²) in [4.78, 5) is 12.2. The Labute approximate surface area is 130 Å². The number of benzene rings is 1. The van der Waals surface area contributed by atoms with Crippen LogP contribution in [-0.4, -0.2) is 31.3 Å². The van der Waals surface area contributed by atoms with Gasteiger partial charge in [0.2, 0.25) is 3.79 Å². The highest BCUT2D eigenvalue weighted by molar-refractivity contribution is 6.68. The van der Waals surface area contributed by atoms with Crippen LogP contribution in [0.1, 0.15) is 0 Å². The first-order valence-corrected chi connectivity index (χ1v) is 6.67. The summed E-state index contributed by atoms with van der Waals surface area (Å²) >= 11 is 16.9. The highest BCUT2D eigenvalue weighted by atomic mass is 35.6. The minimum Gasteiger partial charge on any atom is -0.465 e. The maximum Gasteiger partial charge on any atom is 0.411 e. The summed E-state index contributed by atoms with van der Waals surface area (Å²) in [7, 11) is 0. The number of rotatable bonds is 3. The molecule has 0 radical (unpaired) electrons. The number of alkyl halides is 3. The summed E-state index contributed by atoms with van der Waals surface area (Å²) in [5, 5.41) is 13.3. The van der Waals surface area contributed by atoms with Crippen molar-refractivity contribution in [2.75, 3.05) is 11.4 Å². The average molecular weight is 335 g/mol. The van der Waals surface area contributed by atoms with Crippen molar-refractivity contribution in [1.82, 2.24) is 9.78 Å².